The van der Waals surface area contributed by atoms with Gasteiger partial charge in [-0.2, -0.15) is 4.31 Å². The maximum atomic E-state index is 13.1. The van der Waals surface area contributed by atoms with Crippen LogP contribution in [0.4, 0.5) is 5.69 Å². The summed E-state index contributed by atoms with van der Waals surface area (Å²) in [7, 11) is -2.19. The second-order valence-electron chi connectivity index (χ2n) is 7.72. The van der Waals surface area contributed by atoms with E-state index in [9.17, 15) is 13.2 Å². The fourth-order valence-electron chi connectivity index (χ4n) is 3.46. The SMILES string of the molecule is COc1ccc(S(=O)(=O)N2CCC(C)CC2)cc1C(=O)Nc1cc(C)ccc1C. The lowest BCUT2D eigenvalue weighted by atomic mass is 10.0. The first-order valence-electron chi connectivity index (χ1n) is 9.79. The predicted molar refractivity (Wildman–Crippen MR) is 114 cm³/mol. The molecule has 1 aliphatic heterocycles. The van der Waals surface area contributed by atoms with E-state index in [2.05, 4.69) is 12.2 Å². The van der Waals surface area contributed by atoms with Gasteiger partial charge in [-0.3, -0.25) is 4.79 Å². The molecule has 0 spiro atoms. The van der Waals surface area contributed by atoms with Gasteiger partial charge in [0.05, 0.1) is 17.6 Å². The molecule has 6 nitrogen and oxygen atoms in total. The lowest BCUT2D eigenvalue weighted by Crippen LogP contribution is -2.37. The van der Waals surface area contributed by atoms with Crippen LogP contribution in [0.2, 0.25) is 0 Å². The third-order valence-corrected chi connectivity index (χ3v) is 7.33. The number of benzene rings is 2. The first-order valence-corrected chi connectivity index (χ1v) is 11.2. The van der Waals surface area contributed by atoms with E-state index in [0.717, 1.165) is 24.0 Å². The fraction of sp³-hybridized carbons (Fsp3) is 0.409. The van der Waals surface area contributed by atoms with Gasteiger partial charge in [-0.25, -0.2) is 8.42 Å². The second-order valence-corrected chi connectivity index (χ2v) is 9.66. The average Bonchev–Trinajstić information content (AvgIpc) is 2.70. The van der Waals surface area contributed by atoms with Crippen LogP contribution in [0.25, 0.3) is 0 Å². The number of piperidine rings is 1. The summed E-state index contributed by atoms with van der Waals surface area (Å²) < 4.78 is 33.0. The zero-order chi connectivity index (χ0) is 21.2. The fourth-order valence-corrected chi connectivity index (χ4v) is 4.96. The lowest BCUT2D eigenvalue weighted by molar-refractivity contribution is 0.102. The van der Waals surface area contributed by atoms with Crippen molar-refractivity contribution >= 4 is 21.6 Å². The highest BCUT2D eigenvalue weighted by atomic mass is 32.2. The van der Waals surface area contributed by atoms with Crippen LogP contribution in [0.3, 0.4) is 0 Å². The highest BCUT2D eigenvalue weighted by Crippen LogP contribution is 2.28. The zero-order valence-corrected chi connectivity index (χ0v) is 18.2. The summed E-state index contributed by atoms with van der Waals surface area (Å²) >= 11 is 0. The van der Waals surface area contributed by atoms with Crippen molar-refractivity contribution in [2.24, 2.45) is 5.92 Å². The first kappa shape index (κ1) is 21.3. The van der Waals surface area contributed by atoms with Crippen LogP contribution < -0.4 is 10.1 Å². The van der Waals surface area contributed by atoms with E-state index in [4.69, 9.17) is 4.74 Å². The third kappa shape index (κ3) is 4.62. The van der Waals surface area contributed by atoms with Gasteiger partial charge < -0.3 is 10.1 Å². The Morgan fingerprint density at radius 2 is 1.79 bits per heavy atom. The number of sulfonamides is 1. The van der Waals surface area contributed by atoms with Crippen molar-refractivity contribution < 1.29 is 17.9 Å². The van der Waals surface area contributed by atoms with Crippen molar-refractivity contribution in [3.63, 3.8) is 0 Å². The largest absolute Gasteiger partial charge is 0.496 e. The number of ether oxygens (including phenoxy) is 1. The summed E-state index contributed by atoms with van der Waals surface area (Å²) in [6.07, 6.45) is 1.69. The summed E-state index contributed by atoms with van der Waals surface area (Å²) in [5.74, 6) is 0.454. The van der Waals surface area contributed by atoms with E-state index in [1.807, 2.05) is 32.0 Å². The Morgan fingerprint density at radius 3 is 2.45 bits per heavy atom. The van der Waals surface area contributed by atoms with Crippen molar-refractivity contribution in [1.82, 2.24) is 4.31 Å². The smallest absolute Gasteiger partial charge is 0.259 e. The van der Waals surface area contributed by atoms with Crippen LogP contribution in [0.5, 0.6) is 5.75 Å². The summed E-state index contributed by atoms with van der Waals surface area (Å²) in [5, 5.41) is 2.88. The Bertz CT molecular complexity index is 1010. The van der Waals surface area contributed by atoms with Crippen LogP contribution in [-0.4, -0.2) is 38.8 Å². The maximum absolute atomic E-state index is 13.1. The molecule has 0 radical (unpaired) electrons. The molecule has 3 rings (SSSR count). The van der Waals surface area contributed by atoms with Crippen LogP contribution in [0.1, 0.15) is 41.3 Å². The minimum atomic E-state index is -3.66. The van der Waals surface area contributed by atoms with Gasteiger partial charge in [-0.1, -0.05) is 19.1 Å². The molecule has 0 bridgehead atoms. The van der Waals surface area contributed by atoms with Crippen molar-refractivity contribution in [2.45, 2.75) is 38.5 Å². The minimum Gasteiger partial charge on any atom is -0.496 e. The number of nitrogens with zero attached hydrogens (tertiary/aromatic N) is 1. The van der Waals surface area contributed by atoms with Gasteiger partial charge >= 0.3 is 0 Å². The summed E-state index contributed by atoms with van der Waals surface area (Å²) in [5.41, 5.74) is 2.83. The highest BCUT2D eigenvalue weighted by Gasteiger charge is 2.29. The van der Waals surface area contributed by atoms with E-state index >= 15 is 0 Å². The van der Waals surface area contributed by atoms with Crippen molar-refractivity contribution in [2.75, 3.05) is 25.5 Å². The Hall–Kier alpha value is -2.38. The van der Waals surface area contributed by atoms with Crippen molar-refractivity contribution in [3.8, 4) is 5.75 Å². The molecule has 2 aromatic rings. The number of carbonyl (C=O) groups is 1. The molecule has 1 heterocycles. The molecule has 0 aliphatic carbocycles. The minimum absolute atomic E-state index is 0.110. The normalized spacial score (nSPS) is 15.9. The first-order chi connectivity index (χ1) is 13.7. The molecule has 2 aromatic carbocycles. The quantitative estimate of drug-likeness (QED) is 0.800. The molecule has 1 N–H and O–H groups in total. The Morgan fingerprint density at radius 1 is 1.10 bits per heavy atom. The van der Waals surface area contributed by atoms with E-state index in [1.54, 1.807) is 0 Å². The molecular weight excluding hydrogens is 388 g/mol. The summed E-state index contributed by atoms with van der Waals surface area (Å²) in [6.45, 7) is 6.99. The van der Waals surface area contributed by atoms with E-state index in [1.165, 1.54) is 29.6 Å². The molecule has 0 unspecified atom stereocenters. The van der Waals surface area contributed by atoms with Gasteiger partial charge in [0.2, 0.25) is 10.0 Å². The number of aryl methyl sites for hydroxylation is 2. The molecule has 1 amide bonds. The standard InChI is InChI=1S/C22H28N2O4S/c1-15-9-11-24(12-10-15)29(26,27)18-7-8-21(28-4)19(14-18)22(25)23-20-13-16(2)5-6-17(20)3/h5-8,13-15H,9-12H2,1-4H3,(H,23,25). The van der Waals surface area contributed by atoms with Gasteiger partial charge in [0.1, 0.15) is 5.75 Å². The Balaban J connectivity index is 1.92. The van der Waals surface area contributed by atoms with Gasteiger partial charge in [-0.05, 0) is 68.0 Å². The third-order valence-electron chi connectivity index (χ3n) is 5.44. The van der Waals surface area contributed by atoms with Gasteiger partial charge in [0.15, 0.2) is 0 Å². The number of carbonyl (C=O) groups excluding carboxylic acids is 1. The number of hydrogen-bond donors (Lipinski definition) is 1. The average molecular weight is 417 g/mol. The van der Waals surface area contributed by atoms with Crippen LogP contribution in [0, 0.1) is 19.8 Å². The predicted octanol–water partition coefficient (Wildman–Crippen LogP) is 3.98. The number of nitrogens with one attached hydrogen (secondary N) is 1. The van der Waals surface area contributed by atoms with E-state index in [0.29, 0.717) is 30.4 Å². The number of methoxy groups -OCH3 is 1. The van der Waals surface area contributed by atoms with Gasteiger partial charge in [0, 0.05) is 18.8 Å². The van der Waals surface area contributed by atoms with E-state index < -0.39 is 15.9 Å². The number of hydrogen-bond acceptors (Lipinski definition) is 4. The van der Waals surface area contributed by atoms with Crippen LogP contribution in [-0.2, 0) is 10.0 Å². The topological polar surface area (TPSA) is 75.7 Å². The number of anilines is 1. The Kier molecular flexibility index (Phi) is 6.29. The highest BCUT2D eigenvalue weighted by molar-refractivity contribution is 7.89. The molecule has 7 heteroatoms. The van der Waals surface area contributed by atoms with Gasteiger partial charge in [-0.15, -0.1) is 0 Å². The van der Waals surface area contributed by atoms with Crippen molar-refractivity contribution in [3.05, 3.63) is 53.1 Å². The second kappa shape index (κ2) is 8.55. The molecule has 0 aromatic heterocycles. The molecular formula is C22H28N2O4S. The molecule has 1 fully saturated rings. The molecule has 29 heavy (non-hydrogen) atoms. The van der Waals surface area contributed by atoms with Crippen LogP contribution in [0.15, 0.2) is 41.3 Å². The number of amides is 1. The molecule has 0 atom stereocenters. The lowest BCUT2D eigenvalue weighted by Gasteiger charge is -2.29. The number of rotatable bonds is 5. The molecule has 1 saturated heterocycles. The molecule has 0 saturated carbocycles. The Labute approximate surface area is 172 Å². The van der Waals surface area contributed by atoms with E-state index in [-0.39, 0.29) is 10.5 Å². The monoisotopic (exact) mass is 416 g/mol. The van der Waals surface area contributed by atoms with Crippen molar-refractivity contribution in [1.29, 1.82) is 0 Å². The van der Waals surface area contributed by atoms with Crippen LogP contribution >= 0.6 is 0 Å². The van der Waals surface area contributed by atoms with Gasteiger partial charge in [0.25, 0.3) is 5.91 Å². The summed E-state index contributed by atoms with van der Waals surface area (Å²) in [6, 6.07) is 10.2. The summed E-state index contributed by atoms with van der Waals surface area (Å²) in [4.78, 5) is 13.1. The zero-order valence-electron chi connectivity index (χ0n) is 17.4. The maximum Gasteiger partial charge on any atom is 0.259 e. The molecule has 156 valence electrons. The molecule has 1 aliphatic rings.